The number of hydrogen-bond acceptors (Lipinski definition) is 7. The fourth-order valence-corrected chi connectivity index (χ4v) is 5.58. The summed E-state index contributed by atoms with van der Waals surface area (Å²) in [7, 11) is 3.52. The van der Waals surface area contributed by atoms with E-state index in [4.69, 9.17) is 9.47 Å². The van der Waals surface area contributed by atoms with Crippen LogP contribution in [0.15, 0.2) is 55.2 Å². The molecule has 3 heterocycles. The van der Waals surface area contributed by atoms with Gasteiger partial charge in [-0.3, -0.25) is 5.32 Å². The smallest absolute Gasteiger partial charge is 0.341 e. The van der Waals surface area contributed by atoms with E-state index < -0.39 is 12.0 Å². The van der Waals surface area contributed by atoms with E-state index in [2.05, 4.69) is 20.6 Å². The van der Waals surface area contributed by atoms with Gasteiger partial charge in [-0.1, -0.05) is 6.07 Å². The number of amides is 2. The van der Waals surface area contributed by atoms with Gasteiger partial charge in [0.15, 0.2) is 0 Å². The Labute approximate surface area is 229 Å². The van der Waals surface area contributed by atoms with Crippen LogP contribution in [0, 0.1) is 13.8 Å². The van der Waals surface area contributed by atoms with Crippen LogP contribution in [0.5, 0.6) is 5.75 Å². The lowest BCUT2D eigenvalue weighted by Crippen LogP contribution is -2.20. The second-order valence-electron chi connectivity index (χ2n) is 8.93. The summed E-state index contributed by atoms with van der Waals surface area (Å²) in [6.45, 7) is 5.72. The fraction of sp³-hybridized carbons (Fsp3) is 0.214. The molecule has 200 valence electrons. The molecular formula is C28H28N6O4S. The molecule has 10 nitrogen and oxygen atoms in total. The molecule has 39 heavy (non-hydrogen) atoms. The summed E-state index contributed by atoms with van der Waals surface area (Å²) < 4.78 is 14.8. The van der Waals surface area contributed by atoms with Crippen molar-refractivity contribution < 1.29 is 19.1 Å². The number of hydrogen-bond donors (Lipinski definition) is 2. The van der Waals surface area contributed by atoms with Crippen LogP contribution in [0.1, 0.15) is 28.5 Å². The highest BCUT2D eigenvalue weighted by Gasteiger charge is 2.25. The Morgan fingerprint density at radius 2 is 1.87 bits per heavy atom. The molecule has 0 unspecified atom stereocenters. The first-order valence-electron chi connectivity index (χ1n) is 12.3. The van der Waals surface area contributed by atoms with E-state index in [1.807, 2.05) is 60.5 Å². The van der Waals surface area contributed by atoms with Crippen molar-refractivity contribution in [2.24, 2.45) is 7.05 Å². The number of ether oxygens (including phenoxy) is 2. The van der Waals surface area contributed by atoms with Gasteiger partial charge in [-0.25, -0.2) is 19.6 Å². The van der Waals surface area contributed by atoms with Crippen molar-refractivity contribution >= 4 is 45.1 Å². The maximum atomic E-state index is 13.0. The average Bonchev–Trinajstić information content (AvgIpc) is 3.60. The van der Waals surface area contributed by atoms with Gasteiger partial charge < -0.3 is 23.9 Å². The van der Waals surface area contributed by atoms with Crippen molar-refractivity contribution in [3.05, 3.63) is 72.1 Å². The topological polar surface area (TPSA) is 112 Å². The van der Waals surface area contributed by atoms with E-state index in [0.717, 1.165) is 32.9 Å². The van der Waals surface area contributed by atoms with E-state index >= 15 is 0 Å². The fourth-order valence-electron chi connectivity index (χ4n) is 4.39. The Morgan fingerprint density at radius 1 is 1.05 bits per heavy atom. The number of anilines is 2. The molecule has 0 radical (unpaired) electrons. The monoisotopic (exact) mass is 544 g/mol. The zero-order valence-corrected chi connectivity index (χ0v) is 23.0. The number of rotatable bonds is 7. The second kappa shape index (κ2) is 10.6. The summed E-state index contributed by atoms with van der Waals surface area (Å²) in [5.74, 6) is 0.146. The lowest BCUT2D eigenvalue weighted by atomic mass is 10.1. The molecule has 0 atom stereocenters. The summed E-state index contributed by atoms with van der Waals surface area (Å²) in [5.41, 5.74) is 5.90. The number of nitrogens with one attached hydrogen (secondary N) is 2. The van der Waals surface area contributed by atoms with Gasteiger partial charge in [-0.2, -0.15) is 0 Å². The van der Waals surface area contributed by atoms with Crippen LogP contribution < -0.4 is 15.4 Å². The van der Waals surface area contributed by atoms with Crippen molar-refractivity contribution in [3.8, 4) is 21.9 Å². The van der Waals surface area contributed by atoms with Crippen LogP contribution in [0.4, 0.5) is 15.5 Å². The van der Waals surface area contributed by atoms with Crippen molar-refractivity contribution in [1.82, 2.24) is 19.1 Å². The SMILES string of the molecule is CCOC(=O)c1c(NC(=O)Nc2ccc3c(c2)ncn3C)sc(-c2ccc(-n3cnc(C)c3)c(OC)c2)c1C. The molecular weight excluding hydrogens is 516 g/mol. The van der Waals surface area contributed by atoms with Gasteiger partial charge in [0.2, 0.25) is 0 Å². The molecule has 0 saturated carbocycles. The number of methoxy groups -OCH3 is 1. The van der Waals surface area contributed by atoms with Crippen LogP contribution in [-0.2, 0) is 11.8 Å². The summed E-state index contributed by atoms with van der Waals surface area (Å²) in [6, 6.07) is 10.8. The molecule has 2 amide bonds. The van der Waals surface area contributed by atoms with Gasteiger partial charge in [-0.15, -0.1) is 11.3 Å². The van der Waals surface area contributed by atoms with Crippen molar-refractivity contribution in [2.75, 3.05) is 24.4 Å². The molecule has 11 heteroatoms. The number of esters is 1. The van der Waals surface area contributed by atoms with Gasteiger partial charge in [-0.05, 0) is 62.2 Å². The van der Waals surface area contributed by atoms with Crippen LogP contribution in [-0.4, -0.2) is 44.8 Å². The Balaban J connectivity index is 1.47. The van der Waals surface area contributed by atoms with Gasteiger partial charge in [0.25, 0.3) is 0 Å². The molecule has 3 aromatic heterocycles. The lowest BCUT2D eigenvalue weighted by molar-refractivity contribution is 0.0527. The van der Waals surface area contributed by atoms with Crippen molar-refractivity contribution in [3.63, 3.8) is 0 Å². The highest BCUT2D eigenvalue weighted by Crippen LogP contribution is 2.42. The van der Waals surface area contributed by atoms with E-state index in [9.17, 15) is 9.59 Å². The maximum Gasteiger partial charge on any atom is 0.341 e. The molecule has 0 aliphatic heterocycles. The first-order valence-corrected chi connectivity index (χ1v) is 13.1. The minimum absolute atomic E-state index is 0.214. The predicted octanol–water partition coefficient (Wildman–Crippen LogP) is 5.93. The third-order valence-electron chi connectivity index (χ3n) is 6.27. The predicted molar refractivity (Wildman–Crippen MR) is 152 cm³/mol. The average molecular weight is 545 g/mol. The minimum Gasteiger partial charge on any atom is -0.495 e. The van der Waals surface area contributed by atoms with Crippen LogP contribution >= 0.6 is 11.3 Å². The normalized spacial score (nSPS) is 11.0. The number of aromatic nitrogens is 4. The third-order valence-corrected chi connectivity index (χ3v) is 7.52. The number of imidazole rings is 2. The van der Waals surface area contributed by atoms with Gasteiger partial charge >= 0.3 is 12.0 Å². The van der Waals surface area contributed by atoms with Crippen LogP contribution in [0.3, 0.4) is 0 Å². The Morgan fingerprint density at radius 3 is 2.59 bits per heavy atom. The Bertz CT molecular complexity index is 1700. The number of nitrogens with zero attached hydrogens (tertiary/aromatic N) is 4. The van der Waals surface area contributed by atoms with Gasteiger partial charge in [0.1, 0.15) is 10.8 Å². The highest BCUT2D eigenvalue weighted by atomic mass is 32.1. The zero-order chi connectivity index (χ0) is 27.7. The van der Waals surface area contributed by atoms with Crippen LogP contribution in [0.2, 0.25) is 0 Å². The number of aryl methyl sites for hydroxylation is 2. The van der Waals surface area contributed by atoms with E-state index in [1.165, 1.54) is 11.3 Å². The third kappa shape index (κ3) is 5.08. The first kappa shape index (κ1) is 26.0. The molecule has 0 aliphatic carbocycles. The number of thiophene rings is 1. The van der Waals surface area contributed by atoms with E-state index in [-0.39, 0.29) is 6.61 Å². The molecule has 2 N–H and O–H groups in total. The molecule has 0 saturated heterocycles. The van der Waals surface area contributed by atoms with Crippen molar-refractivity contribution in [1.29, 1.82) is 0 Å². The molecule has 5 rings (SSSR count). The zero-order valence-electron chi connectivity index (χ0n) is 22.2. The molecule has 5 aromatic rings. The summed E-state index contributed by atoms with van der Waals surface area (Å²) >= 11 is 1.30. The molecule has 0 aliphatic rings. The maximum absolute atomic E-state index is 13.0. The minimum atomic E-state index is -0.500. The second-order valence-corrected chi connectivity index (χ2v) is 9.95. The molecule has 0 bridgehead atoms. The lowest BCUT2D eigenvalue weighted by Gasteiger charge is -2.11. The van der Waals surface area contributed by atoms with Gasteiger partial charge in [0.05, 0.1) is 54.3 Å². The summed E-state index contributed by atoms with van der Waals surface area (Å²) in [6.07, 6.45) is 5.36. The van der Waals surface area contributed by atoms with E-state index in [1.54, 1.807) is 38.8 Å². The summed E-state index contributed by atoms with van der Waals surface area (Å²) in [4.78, 5) is 35.4. The van der Waals surface area contributed by atoms with Gasteiger partial charge in [0, 0.05) is 23.8 Å². The number of fused-ring (bicyclic) bond motifs is 1. The number of carbonyl (C=O) groups excluding carboxylic acids is 2. The first-order chi connectivity index (χ1) is 18.8. The highest BCUT2D eigenvalue weighted by molar-refractivity contribution is 7.20. The largest absolute Gasteiger partial charge is 0.495 e. The van der Waals surface area contributed by atoms with Crippen molar-refractivity contribution in [2.45, 2.75) is 20.8 Å². The summed E-state index contributed by atoms with van der Waals surface area (Å²) in [5, 5.41) is 6.07. The molecule has 0 fully saturated rings. The standard InChI is InChI=1S/C28H28N6O4S/c1-6-38-27(35)24-17(3)25(18-7-9-22(23(11-18)37-5)34-13-16(2)29-15-34)39-26(24)32-28(36)31-19-8-10-21-20(12-19)30-14-33(21)4/h7-15H,6H2,1-5H3,(H2,31,32,36). The van der Waals surface area contributed by atoms with E-state index in [0.29, 0.717) is 27.6 Å². The number of urea groups is 1. The molecule has 0 spiro atoms. The van der Waals surface area contributed by atoms with Crippen LogP contribution in [0.25, 0.3) is 27.2 Å². The number of carbonyl (C=O) groups is 2. The Kier molecular flexibility index (Phi) is 7.07. The Hall–Kier alpha value is -4.64. The quantitative estimate of drug-likeness (QED) is 0.246. The number of benzene rings is 2. The molecule has 2 aromatic carbocycles.